The zero-order chi connectivity index (χ0) is 44.7. The maximum atomic E-state index is 5.40. The molecule has 0 saturated carbocycles. The van der Waals surface area contributed by atoms with Gasteiger partial charge in [0.15, 0.2) is 17.5 Å². The van der Waals surface area contributed by atoms with Gasteiger partial charge in [-0.05, 0) is 178 Å². The van der Waals surface area contributed by atoms with Crippen LogP contribution in [-0.4, -0.2) is 24.9 Å². The van der Waals surface area contributed by atoms with Gasteiger partial charge in [0.1, 0.15) is 0 Å². The quantitative estimate of drug-likeness (QED) is 0.161. The minimum absolute atomic E-state index is 0.588. The van der Waals surface area contributed by atoms with Gasteiger partial charge in [0.25, 0.3) is 0 Å². The second-order valence-corrected chi connectivity index (χ2v) is 17.8. The topological polar surface area (TPSA) is 64.5 Å². The predicted molar refractivity (Wildman–Crippen MR) is 283 cm³/mol. The molecule has 11 aromatic carbocycles. The van der Waals surface area contributed by atoms with E-state index in [1.165, 1.54) is 43.1 Å². The van der Waals surface area contributed by atoms with Gasteiger partial charge in [0.2, 0.25) is 0 Å². The Morgan fingerprint density at radius 2 is 0.603 bits per heavy atom. The SMILES string of the molecule is c1ccc2cc3c(-c4cc(-c5nc(-c6ccc7cc8cccnc8cc7c6)nc(-c6ccc7cc8cccnc8cc7c6)n5)cc(-c5cccc6cc7ccccc7cc56)c4)cccc3cc2c1. The molecule has 314 valence electrons. The molecule has 5 heteroatoms. The Balaban J connectivity index is 1.03. The molecule has 0 fully saturated rings. The summed E-state index contributed by atoms with van der Waals surface area (Å²) in [6.07, 6.45) is 3.68. The molecule has 0 saturated heterocycles. The second kappa shape index (κ2) is 15.2. The highest BCUT2D eigenvalue weighted by molar-refractivity contribution is 6.08. The molecule has 0 bridgehead atoms. The molecule has 68 heavy (non-hydrogen) atoms. The van der Waals surface area contributed by atoms with Crippen LogP contribution in [-0.2, 0) is 0 Å². The van der Waals surface area contributed by atoms with Gasteiger partial charge in [0.05, 0.1) is 11.0 Å². The van der Waals surface area contributed by atoms with Crippen molar-refractivity contribution in [2.24, 2.45) is 0 Å². The summed E-state index contributed by atoms with van der Waals surface area (Å²) < 4.78 is 0. The average Bonchev–Trinajstić information content (AvgIpc) is 3.39. The summed E-state index contributed by atoms with van der Waals surface area (Å²) in [5.74, 6) is 1.77. The highest BCUT2D eigenvalue weighted by Crippen LogP contribution is 2.40. The zero-order valence-electron chi connectivity index (χ0n) is 36.6. The summed E-state index contributed by atoms with van der Waals surface area (Å²) in [7, 11) is 0. The van der Waals surface area contributed by atoms with Gasteiger partial charge in [-0.2, -0.15) is 0 Å². The molecule has 0 aliphatic rings. The molecule has 0 unspecified atom stereocenters. The molecule has 3 aromatic heterocycles. The van der Waals surface area contributed by atoms with E-state index < -0.39 is 0 Å². The number of aromatic nitrogens is 5. The van der Waals surface area contributed by atoms with Crippen LogP contribution in [0.4, 0.5) is 0 Å². The average molecular weight is 864 g/mol. The van der Waals surface area contributed by atoms with Crippen molar-refractivity contribution in [3.8, 4) is 56.4 Å². The molecule has 5 nitrogen and oxygen atoms in total. The minimum atomic E-state index is 0.588. The lowest BCUT2D eigenvalue weighted by molar-refractivity contribution is 1.08. The standard InChI is InChI=1S/C63H37N5/c1-3-11-40-34-57-44(25-38(40)9-1)13-5-17-55(57)52-31-53(56-18-6-14-45-26-39-10-2-4-12-41(39)35-58(45)56)33-54(32-52)63-67-61(48-21-19-42-27-46-15-7-23-64-59(46)36-50(42)29-48)66-62(68-63)49-22-20-43-28-47-16-8-24-65-60(47)37-51(43)30-49/h1-37H. The van der Waals surface area contributed by atoms with Gasteiger partial charge in [-0.15, -0.1) is 0 Å². The first-order valence-corrected chi connectivity index (χ1v) is 22.9. The van der Waals surface area contributed by atoms with E-state index in [1.54, 1.807) is 0 Å². The summed E-state index contributed by atoms with van der Waals surface area (Å²) in [5.41, 5.74) is 9.01. The van der Waals surface area contributed by atoms with Gasteiger partial charge in [0, 0.05) is 39.9 Å². The minimum Gasteiger partial charge on any atom is -0.256 e. The van der Waals surface area contributed by atoms with Crippen LogP contribution in [0.15, 0.2) is 225 Å². The normalized spacial score (nSPS) is 11.8. The molecule has 0 amide bonds. The molecule has 0 N–H and O–H groups in total. The van der Waals surface area contributed by atoms with E-state index in [1.807, 2.05) is 24.5 Å². The van der Waals surface area contributed by atoms with E-state index in [0.29, 0.717) is 17.5 Å². The Morgan fingerprint density at radius 1 is 0.221 bits per heavy atom. The Morgan fingerprint density at radius 3 is 1.09 bits per heavy atom. The molecule has 3 heterocycles. The van der Waals surface area contributed by atoms with Crippen molar-refractivity contribution in [2.75, 3.05) is 0 Å². The largest absolute Gasteiger partial charge is 0.256 e. The number of fused-ring (bicyclic) bond motifs is 8. The van der Waals surface area contributed by atoms with Gasteiger partial charge < -0.3 is 0 Å². The molecular formula is C63H37N5. The first kappa shape index (κ1) is 38.1. The predicted octanol–water partition coefficient (Wildman–Crippen LogP) is 16.2. The first-order valence-electron chi connectivity index (χ1n) is 22.9. The summed E-state index contributed by atoms with van der Waals surface area (Å²) in [5, 5.41) is 16.2. The number of pyridine rings is 2. The summed E-state index contributed by atoms with van der Waals surface area (Å²) in [4.78, 5) is 25.4. The van der Waals surface area contributed by atoms with Crippen LogP contribution in [0.25, 0.3) is 143 Å². The number of nitrogens with zero attached hydrogens (tertiary/aromatic N) is 5. The lowest BCUT2D eigenvalue weighted by Gasteiger charge is -2.15. The summed E-state index contributed by atoms with van der Waals surface area (Å²) in [6, 6.07) is 76.2. The Labute approximate surface area is 390 Å². The fourth-order valence-corrected chi connectivity index (χ4v) is 10.2. The van der Waals surface area contributed by atoms with Crippen molar-refractivity contribution < 1.29 is 0 Å². The van der Waals surface area contributed by atoms with Crippen molar-refractivity contribution in [2.45, 2.75) is 0 Å². The fraction of sp³-hybridized carbons (Fsp3) is 0. The molecule has 0 aliphatic carbocycles. The summed E-state index contributed by atoms with van der Waals surface area (Å²) in [6.45, 7) is 0. The molecule has 14 aromatic rings. The smallest absolute Gasteiger partial charge is 0.164 e. The van der Waals surface area contributed by atoms with Crippen molar-refractivity contribution in [1.29, 1.82) is 0 Å². The van der Waals surface area contributed by atoms with E-state index in [2.05, 4.69) is 210 Å². The van der Waals surface area contributed by atoms with E-state index in [0.717, 1.165) is 82.3 Å². The van der Waals surface area contributed by atoms with Crippen LogP contribution < -0.4 is 0 Å². The highest BCUT2D eigenvalue weighted by atomic mass is 15.0. The van der Waals surface area contributed by atoms with E-state index in [4.69, 9.17) is 15.0 Å². The van der Waals surface area contributed by atoms with Crippen LogP contribution in [0.1, 0.15) is 0 Å². The van der Waals surface area contributed by atoms with Crippen molar-refractivity contribution in [3.05, 3.63) is 225 Å². The van der Waals surface area contributed by atoms with E-state index in [-0.39, 0.29) is 0 Å². The van der Waals surface area contributed by atoms with Crippen molar-refractivity contribution >= 4 is 86.4 Å². The Kier molecular flexibility index (Phi) is 8.52. The molecule has 0 spiro atoms. The molecule has 0 aliphatic heterocycles. The molecule has 0 radical (unpaired) electrons. The zero-order valence-corrected chi connectivity index (χ0v) is 36.6. The number of hydrogen-bond donors (Lipinski definition) is 0. The Hall–Kier alpha value is -9.19. The van der Waals surface area contributed by atoms with Gasteiger partial charge in [-0.3, -0.25) is 9.97 Å². The fourth-order valence-electron chi connectivity index (χ4n) is 10.2. The maximum absolute atomic E-state index is 5.40. The molecule has 14 rings (SSSR count). The van der Waals surface area contributed by atoms with E-state index in [9.17, 15) is 0 Å². The lowest BCUT2D eigenvalue weighted by Crippen LogP contribution is -2.01. The third-order valence-corrected chi connectivity index (χ3v) is 13.6. The van der Waals surface area contributed by atoms with E-state index >= 15 is 0 Å². The molecular weight excluding hydrogens is 827 g/mol. The number of benzene rings is 11. The second-order valence-electron chi connectivity index (χ2n) is 17.8. The van der Waals surface area contributed by atoms with Crippen LogP contribution in [0.3, 0.4) is 0 Å². The van der Waals surface area contributed by atoms with Crippen LogP contribution >= 0.6 is 0 Å². The number of hydrogen-bond acceptors (Lipinski definition) is 5. The summed E-state index contributed by atoms with van der Waals surface area (Å²) >= 11 is 0. The van der Waals surface area contributed by atoms with Gasteiger partial charge in [-0.25, -0.2) is 15.0 Å². The van der Waals surface area contributed by atoms with Crippen LogP contribution in [0.2, 0.25) is 0 Å². The number of rotatable bonds is 5. The van der Waals surface area contributed by atoms with Crippen molar-refractivity contribution in [3.63, 3.8) is 0 Å². The maximum Gasteiger partial charge on any atom is 0.164 e. The van der Waals surface area contributed by atoms with Crippen LogP contribution in [0, 0.1) is 0 Å². The van der Waals surface area contributed by atoms with Gasteiger partial charge in [-0.1, -0.05) is 121 Å². The Bertz CT molecular complexity index is 4130. The van der Waals surface area contributed by atoms with Gasteiger partial charge >= 0.3 is 0 Å². The first-order chi connectivity index (χ1) is 33.6. The third kappa shape index (κ3) is 6.51. The lowest BCUT2D eigenvalue weighted by atomic mass is 9.90. The third-order valence-electron chi connectivity index (χ3n) is 13.6. The molecule has 0 atom stereocenters. The monoisotopic (exact) mass is 863 g/mol. The van der Waals surface area contributed by atoms with Crippen LogP contribution in [0.5, 0.6) is 0 Å². The van der Waals surface area contributed by atoms with Crippen molar-refractivity contribution in [1.82, 2.24) is 24.9 Å². The highest BCUT2D eigenvalue weighted by Gasteiger charge is 2.18.